The minimum Gasteiger partial charge on any atom is -0.405 e. The number of para-hydroxylation sites is 1. The average molecular weight is 520 g/mol. The molecule has 2 N–H and O–H groups in total. The number of aliphatic imine (C=N–C) groups is 1. The van der Waals surface area contributed by atoms with Gasteiger partial charge in [-0.1, -0.05) is 18.2 Å². The van der Waals surface area contributed by atoms with Crippen LogP contribution in [0.1, 0.15) is 31.2 Å². The van der Waals surface area contributed by atoms with Gasteiger partial charge in [0.05, 0.1) is 4.92 Å². The second kappa shape index (κ2) is 11.4. The van der Waals surface area contributed by atoms with E-state index in [2.05, 4.69) is 30.3 Å². The van der Waals surface area contributed by atoms with Crippen LogP contribution in [0.2, 0.25) is 0 Å². The predicted octanol–water partition coefficient (Wildman–Crippen LogP) is 5.50. The van der Waals surface area contributed by atoms with Gasteiger partial charge in [0.15, 0.2) is 0 Å². The summed E-state index contributed by atoms with van der Waals surface area (Å²) >= 11 is 0. The van der Waals surface area contributed by atoms with Gasteiger partial charge in [0.2, 0.25) is 11.8 Å². The van der Waals surface area contributed by atoms with Crippen LogP contribution in [0.3, 0.4) is 0 Å². The van der Waals surface area contributed by atoms with Crippen LogP contribution < -0.4 is 15.4 Å². The van der Waals surface area contributed by atoms with E-state index < -0.39 is 35.4 Å². The number of hydrogen-bond acceptors (Lipinski definition) is 8. The lowest BCUT2D eigenvalue weighted by Crippen LogP contribution is -2.23. The number of ether oxygens (including phenoxy) is 1. The molecule has 1 aromatic carbocycles. The number of halogens is 6. The number of nitrogens with one attached hydrogen (secondary N) is 2. The predicted molar refractivity (Wildman–Crippen MR) is 118 cm³/mol. The molecule has 1 aliphatic rings. The number of rotatable bonds is 9. The second-order valence-corrected chi connectivity index (χ2v) is 8.02. The lowest BCUT2D eigenvalue weighted by Gasteiger charge is -2.23. The molecule has 15 heteroatoms. The van der Waals surface area contributed by atoms with Crippen molar-refractivity contribution < 1.29 is 36.0 Å². The largest absolute Gasteiger partial charge is 0.573 e. The molecule has 9 nitrogen and oxygen atoms in total. The summed E-state index contributed by atoms with van der Waals surface area (Å²) in [6.45, 7) is -1.07. The topological polar surface area (TPSA) is 115 Å². The van der Waals surface area contributed by atoms with Crippen molar-refractivity contribution in [3.63, 3.8) is 0 Å². The van der Waals surface area contributed by atoms with E-state index in [0.717, 1.165) is 12.3 Å². The Balaban J connectivity index is 1.62. The summed E-state index contributed by atoms with van der Waals surface area (Å²) < 4.78 is 78.8. The van der Waals surface area contributed by atoms with E-state index in [0.29, 0.717) is 31.4 Å². The van der Waals surface area contributed by atoms with Gasteiger partial charge in [-0.15, -0.1) is 13.2 Å². The normalized spacial score (nSPS) is 16.4. The molecule has 196 valence electrons. The Morgan fingerprint density at radius 2 is 1.81 bits per heavy atom. The zero-order valence-electron chi connectivity index (χ0n) is 18.7. The number of hydrogen-bond donors (Lipinski definition) is 2. The van der Waals surface area contributed by atoms with Crippen molar-refractivity contribution >= 4 is 23.2 Å². The van der Waals surface area contributed by atoms with Crippen molar-refractivity contribution in [2.24, 2.45) is 10.9 Å². The van der Waals surface area contributed by atoms with Gasteiger partial charge in [0.1, 0.15) is 18.5 Å². The molecule has 0 spiro atoms. The van der Waals surface area contributed by atoms with Crippen LogP contribution >= 0.6 is 0 Å². The Labute approximate surface area is 201 Å². The van der Waals surface area contributed by atoms with Gasteiger partial charge in [-0.2, -0.15) is 18.2 Å². The summed E-state index contributed by atoms with van der Waals surface area (Å²) in [5, 5.41) is 17.0. The molecule has 36 heavy (non-hydrogen) atoms. The highest BCUT2D eigenvalue weighted by Gasteiger charge is 2.32. The van der Waals surface area contributed by atoms with Crippen LogP contribution in [0.25, 0.3) is 0 Å². The van der Waals surface area contributed by atoms with E-state index in [9.17, 15) is 36.5 Å². The number of aromatic nitrogens is 2. The molecular weight excluding hydrogens is 498 g/mol. The van der Waals surface area contributed by atoms with E-state index >= 15 is 0 Å². The van der Waals surface area contributed by atoms with Crippen LogP contribution in [-0.2, 0) is 6.54 Å². The van der Waals surface area contributed by atoms with E-state index in [1.165, 1.54) is 18.2 Å². The van der Waals surface area contributed by atoms with Gasteiger partial charge in [-0.25, -0.2) is 4.98 Å². The fourth-order valence-corrected chi connectivity index (χ4v) is 3.59. The SMILES string of the molecule is O=[N+]([O-])c1cnc(NCc2ccccc2OC(F)(F)F)nc1NCC1CCC(=NCC(F)(F)F)CC1. The Kier molecular flexibility index (Phi) is 8.53. The number of anilines is 2. The lowest BCUT2D eigenvalue weighted by molar-refractivity contribution is -0.384. The highest BCUT2D eigenvalue weighted by atomic mass is 19.4. The van der Waals surface area contributed by atoms with E-state index in [4.69, 9.17) is 0 Å². The zero-order chi connectivity index (χ0) is 26.3. The van der Waals surface area contributed by atoms with Gasteiger partial charge in [-0.05, 0) is 37.7 Å². The van der Waals surface area contributed by atoms with Crippen LogP contribution in [0.4, 0.5) is 43.8 Å². The molecule has 0 radical (unpaired) electrons. The van der Waals surface area contributed by atoms with Crippen molar-refractivity contribution in [1.29, 1.82) is 0 Å². The van der Waals surface area contributed by atoms with Crippen LogP contribution in [-0.4, -0.2) is 46.2 Å². The van der Waals surface area contributed by atoms with E-state index in [1.54, 1.807) is 0 Å². The molecule has 1 saturated carbocycles. The van der Waals surface area contributed by atoms with E-state index in [1.807, 2.05) is 0 Å². The summed E-state index contributed by atoms with van der Waals surface area (Å²) in [4.78, 5) is 22.2. The molecule has 0 bridgehead atoms. The first-order valence-corrected chi connectivity index (χ1v) is 10.8. The van der Waals surface area contributed by atoms with Crippen molar-refractivity contribution in [3.8, 4) is 5.75 Å². The molecule has 2 aromatic rings. The summed E-state index contributed by atoms with van der Waals surface area (Å²) in [7, 11) is 0. The molecule has 1 aromatic heterocycles. The highest BCUT2D eigenvalue weighted by molar-refractivity contribution is 5.85. The van der Waals surface area contributed by atoms with Gasteiger partial charge >= 0.3 is 18.2 Å². The number of nitrogens with zero attached hydrogens (tertiary/aromatic N) is 4. The number of alkyl halides is 6. The molecule has 1 fully saturated rings. The number of benzene rings is 1. The van der Waals surface area contributed by atoms with Crippen LogP contribution in [0, 0.1) is 16.0 Å². The third-order valence-corrected chi connectivity index (χ3v) is 5.32. The summed E-state index contributed by atoms with van der Waals surface area (Å²) in [5.41, 5.74) is 0.263. The summed E-state index contributed by atoms with van der Waals surface area (Å²) in [6.07, 6.45) is -6.33. The first-order valence-electron chi connectivity index (χ1n) is 10.8. The second-order valence-electron chi connectivity index (χ2n) is 8.02. The molecule has 1 heterocycles. The first-order chi connectivity index (χ1) is 16.9. The monoisotopic (exact) mass is 520 g/mol. The number of nitro groups is 1. The minimum absolute atomic E-state index is 0.0345. The maximum absolute atomic E-state index is 12.6. The molecule has 0 atom stereocenters. The fraction of sp³-hybridized carbons (Fsp3) is 0.476. The third kappa shape index (κ3) is 8.53. The van der Waals surface area contributed by atoms with Gasteiger partial charge in [0.25, 0.3) is 0 Å². The molecular formula is C21H22F6N6O3. The molecule has 0 amide bonds. The minimum atomic E-state index is -4.87. The van der Waals surface area contributed by atoms with Crippen LogP contribution in [0.15, 0.2) is 35.5 Å². The quantitative estimate of drug-likeness (QED) is 0.255. The zero-order valence-corrected chi connectivity index (χ0v) is 18.7. The van der Waals surface area contributed by atoms with Gasteiger partial charge < -0.3 is 15.4 Å². The fourth-order valence-electron chi connectivity index (χ4n) is 3.59. The van der Waals surface area contributed by atoms with Crippen molar-refractivity contribution in [3.05, 3.63) is 46.1 Å². The average Bonchev–Trinajstić information content (AvgIpc) is 2.80. The maximum Gasteiger partial charge on any atom is 0.573 e. The van der Waals surface area contributed by atoms with Crippen molar-refractivity contribution in [2.45, 2.75) is 44.8 Å². The molecule has 0 saturated heterocycles. The third-order valence-electron chi connectivity index (χ3n) is 5.32. The van der Waals surface area contributed by atoms with E-state index in [-0.39, 0.29) is 36.3 Å². The molecule has 1 aliphatic carbocycles. The smallest absolute Gasteiger partial charge is 0.405 e. The lowest BCUT2D eigenvalue weighted by atomic mass is 9.88. The molecule has 3 rings (SSSR count). The van der Waals surface area contributed by atoms with Crippen LogP contribution in [0.5, 0.6) is 5.75 Å². The Bertz CT molecular complexity index is 1080. The summed E-state index contributed by atoms with van der Waals surface area (Å²) in [6, 6.07) is 5.46. The standard InChI is InChI=1S/C21H22F6N6O3/c22-20(23,24)12-31-15-7-5-13(6-8-15)9-28-18-16(33(34)35)11-30-19(32-18)29-10-14-3-1-2-4-17(14)36-21(25,26)27/h1-4,11,13H,5-10,12H2,(H2,28,29,30,32). The van der Waals surface area contributed by atoms with Crippen molar-refractivity contribution in [1.82, 2.24) is 9.97 Å². The maximum atomic E-state index is 12.6. The Morgan fingerprint density at radius 1 is 1.11 bits per heavy atom. The van der Waals surface area contributed by atoms with Crippen molar-refractivity contribution in [2.75, 3.05) is 23.7 Å². The van der Waals surface area contributed by atoms with Gasteiger partial charge in [-0.3, -0.25) is 15.1 Å². The highest BCUT2D eigenvalue weighted by Crippen LogP contribution is 2.29. The van der Waals surface area contributed by atoms with Gasteiger partial charge in [0, 0.05) is 24.4 Å². The molecule has 0 aliphatic heterocycles. The Morgan fingerprint density at radius 3 is 2.44 bits per heavy atom. The Hall–Kier alpha value is -3.65. The molecule has 0 unspecified atom stereocenters. The first kappa shape index (κ1) is 26.9. The summed E-state index contributed by atoms with van der Waals surface area (Å²) in [5.74, 6) is -0.524.